The van der Waals surface area contributed by atoms with Crippen molar-refractivity contribution < 1.29 is 19.1 Å². The predicted molar refractivity (Wildman–Crippen MR) is 53.6 cm³/mol. The van der Waals surface area contributed by atoms with Gasteiger partial charge in [-0.25, -0.2) is 0 Å². The highest BCUT2D eigenvalue weighted by Crippen LogP contribution is 2.17. The Kier molecular flexibility index (Phi) is 5.24. The van der Waals surface area contributed by atoms with E-state index in [1.807, 2.05) is 0 Å². The Balaban J connectivity index is 4.43. The number of carbonyl (C=O) groups is 2. The predicted octanol–water partition coefficient (Wildman–Crippen LogP) is -0.495. The second-order valence-electron chi connectivity index (χ2n) is 3.38. The van der Waals surface area contributed by atoms with Crippen LogP contribution in [0.25, 0.3) is 0 Å². The number of esters is 2. The van der Waals surface area contributed by atoms with Gasteiger partial charge >= 0.3 is 11.9 Å². The fourth-order valence-corrected chi connectivity index (χ4v) is 0.753. The van der Waals surface area contributed by atoms with Crippen molar-refractivity contribution in [2.45, 2.75) is 39.0 Å². The molecule has 0 amide bonds. The van der Waals surface area contributed by atoms with Gasteiger partial charge in [-0.3, -0.25) is 9.59 Å². The molecule has 0 rings (SSSR count). The molecule has 0 aliphatic carbocycles. The molecule has 6 heteroatoms. The largest absolute Gasteiger partial charge is 0.422 e. The van der Waals surface area contributed by atoms with E-state index < -0.39 is 23.8 Å². The lowest BCUT2D eigenvalue weighted by molar-refractivity contribution is -0.223. The molecule has 0 bridgehead atoms. The Hall–Kier alpha value is -1.14. The first-order valence-electron chi connectivity index (χ1n) is 4.75. The van der Waals surface area contributed by atoms with Gasteiger partial charge in [0.1, 0.15) is 6.04 Å². The van der Waals surface area contributed by atoms with E-state index in [9.17, 15) is 9.59 Å². The maximum atomic E-state index is 11.2. The Morgan fingerprint density at radius 3 is 2.27 bits per heavy atom. The van der Waals surface area contributed by atoms with Crippen molar-refractivity contribution in [3.05, 3.63) is 0 Å². The van der Waals surface area contributed by atoms with E-state index in [4.69, 9.17) is 20.9 Å². The van der Waals surface area contributed by atoms with E-state index in [0.717, 1.165) is 0 Å². The first-order chi connectivity index (χ1) is 6.84. The molecule has 0 aliphatic rings. The highest BCUT2D eigenvalue weighted by atomic mass is 16.7. The zero-order valence-electron chi connectivity index (χ0n) is 9.28. The number of rotatable bonds is 5. The van der Waals surface area contributed by atoms with E-state index in [2.05, 4.69) is 0 Å². The lowest BCUT2D eigenvalue weighted by Crippen LogP contribution is -2.42. The van der Waals surface area contributed by atoms with E-state index >= 15 is 0 Å². The molecule has 4 N–H and O–H groups in total. The van der Waals surface area contributed by atoms with E-state index in [1.165, 1.54) is 13.8 Å². The van der Waals surface area contributed by atoms with Crippen LogP contribution in [-0.4, -0.2) is 30.3 Å². The third-order valence-electron chi connectivity index (χ3n) is 1.83. The molecule has 0 heterocycles. The first-order valence-corrected chi connectivity index (χ1v) is 4.75. The third-order valence-corrected chi connectivity index (χ3v) is 1.83. The molecule has 0 aromatic carbocycles. The molecular weight excluding hydrogens is 200 g/mol. The van der Waals surface area contributed by atoms with Gasteiger partial charge in [-0.15, -0.1) is 0 Å². The van der Waals surface area contributed by atoms with Crippen LogP contribution in [0.1, 0.15) is 27.2 Å². The Labute approximate surface area is 88.9 Å². The minimum absolute atomic E-state index is 0.259. The van der Waals surface area contributed by atoms with E-state index in [-0.39, 0.29) is 6.54 Å². The summed E-state index contributed by atoms with van der Waals surface area (Å²) in [5, 5.41) is 0. The van der Waals surface area contributed by atoms with Crippen molar-refractivity contribution in [1.29, 1.82) is 0 Å². The SMILES string of the molecule is CCC(C)(OC(=O)CN)OC(=O)C(C)N. The standard InChI is InChI=1S/C9H18N2O4/c1-4-9(3,14-7(12)5-10)15-8(13)6(2)11/h6H,4-5,10-11H2,1-3H3. The number of ether oxygens (including phenoxy) is 2. The summed E-state index contributed by atoms with van der Waals surface area (Å²) >= 11 is 0. The molecule has 0 aromatic heterocycles. The maximum absolute atomic E-state index is 11.2. The molecule has 0 saturated carbocycles. The monoisotopic (exact) mass is 218 g/mol. The average molecular weight is 218 g/mol. The van der Waals surface area contributed by atoms with Crippen LogP contribution in [0.4, 0.5) is 0 Å². The molecule has 88 valence electrons. The third kappa shape index (κ3) is 4.75. The van der Waals surface area contributed by atoms with E-state index in [0.29, 0.717) is 6.42 Å². The average Bonchev–Trinajstić information content (AvgIpc) is 2.17. The molecule has 2 atom stereocenters. The Morgan fingerprint density at radius 2 is 1.93 bits per heavy atom. The molecule has 6 nitrogen and oxygen atoms in total. The fraction of sp³-hybridized carbons (Fsp3) is 0.778. The van der Waals surface area contributed by atoms with Crippen molar-refractivity contribution in [3.8, 4) is 0 Å². The summed E-state index contributed by atoms with van der Waals surface area (Å²) in [6.45, 7) is 4.44. The van der Waals surface area contributed by atoms with Crippen LogP contribution in [0, 0.1) is 0 Å². The number of carbonyl (C=O) groups excluding carboxylic acids is 2. The molecule has 0 aliphatic heterocycles. The van der Waals surface area contributed by atoms with Gasteiger partial charge in [-0.05, 0) is 6.92 Å². The van der Waals surface area contributed by atoms with Gasteiger partial charge in [-0.1, -0.05) is 6.92 Å². The maximum Gasteiger partial charge on any atom is 0.325 e. The zero-order valence-corrected chi connectivity index (χ0v) is 9.28. The summed E-state index contributed by atoms with van der Waals surface area (Å²) in [6.07, 6.45) is 0.331. The lowest BCUT2D eigenvalue weighted by atomic mass is 10.2. The summed E-state index contributed by atoms with van der Waals surface area (Å²) in [5.41, 5.74) is 10.4. The second-order valence-corrected chi connectivity index (χ2v) is 3.38. The van der Waals surface area contributed by atoms with Crippen molar-refractivity contribution >= 4 is 11.9 Å². The van der Waals surface area contributed by atoms with Gasteiger partial charge in [0.05, 0.1) is 6.54 Å². The topological polar surface area (TPSA) is 105 Å². The quantitative estimate of drug-likeness (QED) is 0.476. The van der Waals surface area contributed by atoms with Crippen LogP contribution >= 0.6 is 0 Å². The minimum atomic E-state index is -1.29. The van der Waals surface area contributed by atoms with Gasteiger partial charge in [0.25, 0.3) is 5.79 Å². The highest BCUT2D eigenvalue weighted by Gasteiger charge is 2.31. The highest BCUT2D eigenvalue weighted by molar-refractivity contribution is 5.76. The molecule has 0 fully saturated rings. The molecular formula is C9H18N2O4. The van der Waals surface area contributed by atoms with Crippen LogP contribution in [0.3, 0.4) is 0 Å². The minimum Gasteiger partial charge on any atom is -0.422 e. The molecule has 2 unspecified atom stereocenters. The van der Waals surface area contributed by atoms with Crippen molar-refractivity contribution in [3.63, 3.8) is 0 Å². The van der Waals surface area contributed by atoms with Gasteiger partial charge in [0.15, 0.2) is 0 Å². The van der Waals surface area contributed by atoms with Gasteiger partial charge in [0, 0.05) is 13.3 Å². The molecule has 0 spiro atoms. The zero-order chi connectivity index (χ0) is 12.1. The summed E-state index contributed by atoms with van der Waals surface area (Å²) in [6, 6.07) is -0.757. The number of hydrogen-bond acceptors (Lipinski definition) is 6. The summed E-state index contributed by atoms with van der Waals surface area (Å²) in [4.78, 5) is 22.2. The van der Waals surface area contributed by atoms with Crippen LogP contribution < -0.4 is 11.5 Å². The van der Waals surface area contributed by atoms with Gasteiger partial charge in [-0.2, -0.15) is 0 Å². The van der Waals surface area contributed by atoms with Gasteiger partial charge in [0.2, 0.25) is 0 Å². The molecule has 0 aromatic rings. The normalized spacial score (nSPS) is 16.3. The second kappa shape index (κ2) is 5.67. The van der Waals surface area contributed by atoms with Crippen LogP contribution in [0.15, 0.2) is 0 Å². The lowest BCUT2D eigenvalue weighted by Gasteiger charge is -2.28. The summed E-state index contributed by atoms with van der Waals surface area (Å²) in [7, 11) is 0. The van der Waals surface area contributed by atoms with Gasteiger partial charge < -0.3 is 20.9 Å². The fourth-order valence-electron chi connectivity index (χ4n) is 0.753. The molecule has 0 radical (unpaired) electrons. The molecule has 15 heavy (non-hydrogen) atoms. The Bertz CT molecular complexity index is 242. The number of nitrogens with two attached hydrogens (primary N) is 2. The van der Waals surface area contributed by atoms with Crippen LogP contribution in [-0.2, 0) is 19.1 Å². The molecule has 0 saturated heterocycles. The van der Waals surface area contributed by atoms with Crippen molar-refractivity contribution in [2.75, 3.05) is 6.54 Å². The van der Waals surface area contributed by atoms with Crippen molar-refractivity contribution in [2.24, 2.45) is 11.5 Å². The summed E-state index contributed by atoms with van der Waals surface area (Å²) in [5.74, 6) is -2.54. The Morgan fingerprint density at radius 1 is 1.40 bits per heavy atom. The van der Waals surface area contributed by atoms with E-state index in [1.54, 1.807) is 6.92 Å². The number of hydrogen-bond donors (Lipinski definition) is 2. The smallest absolute Gasteiger partial charge is 0.325 e. The van der Waals surface area contributed by atoms with Crippen LogP contribution in [0.2, 0.25) is 0 Å². The first kappa shape index (κ1) is 13.9. The van der Waals surface area contributed by atoms with Crippen LogP contribution in [0.5, 0.6) is 0 Å². The summed E-state index contributed by atoms with van der Waals surface area (Å²) < 4.78 is 9.85. The van der Waals surface area contributed by atoms with Crippen molar-refractivity contribution in [1.82, 2.24) is 0 Å².